The van der Waals surface area contributed by atoms with Crippen molar-refractivity contribution in [2.45, 2.75) is 38.6 Å². The highest BCUT2D eigenvalue weighted by molar-refractivity contribution is 7.14. The first kappa shape index (κ1) is 20.5. The molecule has 5 rings (SSSR count). The largest absolute Gasteiger partial charge is 0.382 e. The Hall–Kier alpha value is -3.35. The summed E-state index contributed by atoms with van der Waals surface area (Å²) < 4.78 is 7.28. The molecule has 0 aromatic carbocycles. The molecule has 0 atom stereocenters. The highest BCUT2D eigenvalue weighted by Crippen LogP contribution is 2.37. The normalized spacial score (nSPS) is 14.7. The molecule has 0 unspecified atom stereocenters. The molecule has 5 heterocycles. The van der Waals surface area contributed by atoms with E-state index in [-0.39, 0.29) is 6.04 Å². The first-order valence-corrected chi connectivity index (χ1v) is 11.5. The zero-order chi connectivity index (χ0) is 22.1. The third-order valence-corrected chi connectivity index (χ3v) is 6.60. The Bertz CT molecular complexity index is 1300. The number of anilines is 1. The summed E-state index contributed by atoms with van der Waals surface area (Å²) >= 11 is 1.64. The zero-order valence-electron chi connectivity index (χ0n) is 17.9. The molecule has 0 amide bonds. The van der Waals surface area contributed by atoms with E-state index >= 15 is 0 Å². The van der Waals surface area contributed by atoms with E-state index in [2.05, 4.69) is 40.5 Å². The minimum absolute atomic E-state index is 0.243. The maximum absolute atomic E-state index is 9.13. The van der Waals surface area contributed by atoms with Crippen LogP contribution in [-0.4, -0.2) is 44.1 Å². The van der Waals surface area contributed by atoms with E-state index in [4.69, 9.17) is 15.0 Å². The number of fused-ring (bicyclic) bond motifs is 1. The fourth-order valence-electron chi connectivity index (χ4n) is 3.90. The zero-order valence-corrected chi connectivity index (χ0v) is 18.8. The van der Waals surface area contributed by atoms with Crippen LogP contribution in [0.15, 0.2) is 36.7 Å². The van der Waals surface area contributed by atoms with Crippen molar-refractivity contribution in [3.63, 3.8) is 0 Å². The molecule has 162 valence electrons. The van der Waals surface area contributed by atoms with Crippen molar-refractivity contribution in [1.82, 2.24) is 24.8 Å². The lowest BCUT2D eigenvalue weighted by Crippen LogP contribution is -2.13. The van der Waals surface area contributed by atoms with Gasteiger partial charge in [0.2, 0.25) is 0 Å². The predicted octanol–water partition coefficient (Wildman–Crippen LogP) is 4.50. The molecule has 0 aliphatic carbocycles. The maximum atomic E-state index is 9.13. The summed E-state index contributed by atoms with van der Waals surface area (Å²) in [5.74, 6) is 0.417. The molecule has 1 saturated heterocycles. The van der Waals surface area contributed by atoms with Gasteiger partial charge in [-0.1, -0.05) is 11.3 Å². The maximum Gasteiger partial charge on any atom is 0.151 e. The standard InChI is InChI=1S/C23H23N7OS/c1-14(2)27-19-10-20(21-4-3-17-9-15(11-24)12-26-30(17)21)25-13-18(19)23-29-28-22(32-23)16-5-7-31-8-6-16/h3-4,9-10,12-14,16H,5-8H2,1-2H3,(H,25,27). The van der Waals surface area contributed by atoms with Gasteiger partial charge in [-0.3, -0.25) is 4.98 Å². The molecule has 4 aromatic rings. The van der Waals surface area contributed by atoms with Gasteiger partial charge in [-0.05, 0) is 51.0 Å². The molecule has 1 aliphatic rings. The van der Waals surface area contributed by atoms with Gasteiger partial charge in [-0.25, -0.2) is 4.52 Å². The van der Waals surface area contributed by atoms with E-state index in [0.29, 0.717) is 11.5 Å². The molecule has 9 heteroatoms. The van der Waals surface area contributed by atoms with Gasteiger partial charge < -0.3 is 10.1 Å². The Labute approximate surface area is 189 Å². The van der Waals surface area contributed by atoms with Gasteiger partial charge in [-0.2, -0.15) is 10.4 Å². The predicted molar refractivity (Wildman–Crippen MR) is 124 cm³/mol. The number of hydrogen-bond donors (Lipinski definition) is 1. The van der Waals surface area contributed by atoms with Crippen LogP contribution in [0.4, 0.5) is 5.69 Å². The summed E-state index contributed by atoms with van der Waals surface area (Å²) in [6.07, 6.45) is 5.41. The topological polar surface area (TPSA) is 101 Å². The summed E-state index contributed by atoms with van der Waals surface area (Å²) in [5, 5.41) is 28.0. The second-order valence-electron chi connectivity index (χ2n) is 8.16. The van der Waals surface area contributed by atoms with Crippen LogP contribution >= 0.6 is 11.3 Å². The highest BCUT2D eigenvalue weighted by Gasteiger charge is 2.22. The van der Waals surface area contributed by atoms with E-state index in [1.807, 2.05) is 30.5 Å². The van der Waals surface area contributed by atoms with Gasteiger partial charge in [0.1, 0.15) is 11.1 Å². The van der Waals surface area contributed by atoms with Crippen LogP contribution in [0.3, 0.4) is 0 Å². The van der Waals surface area contributed by atoms with Crippen molar-refractivity contribution in [2.75, 3.05) is 18.5 Å². The van der Waals surface area contributed by atoms with Crippen molar-refractivity contribution in [3.8, 4) is 28.0 Å². The van der Waals surface area contributed by atoms with Crippen LogP contribution in [0.1, 0.15) is 43.2 Å². The van der Waals surface area contributed by atoms with Gasteiger partial charge in [0.05, 0.1) is 34.2 Å². The van der Waals surface area contributed by atoms with E-state index in [1.165, 1.54) is 0 Å². The minimum Gasteiger partial charge on any atom is -0.382 e. The number of nitrogens with one attached hydrogen (secondary N) is 1. The Morgan fingerprint density at radius 3 is 2.81 bits per heavy atom. The van der Waals surface area contributed by atoms with Gasteiger partial charge >= 0.3 is 0 Å². The number of rotatable bonds is 5. The van der Waals surface area contributed by atoms with E-state index in [9.17, 15) is 0 Å². The lowest BCUT2D eigenvalue weighted by Gasteiger charge is -2.19. The van der Waals surface area contributed by atoms with Crippen LogP contribution in [0.2, 0.25) is 0 Å². The van der Waals surface area contributed by atoms with E-state index in [0.717, 1.165) is 64.2 Å². The number of nitrogens with zero attached hydrogens (tertiary/aromatic N) is 6. The number of pyridine rings is 1. The van der Waals surface area contributed by atoms with Gasteiger partial charge in [0.25, 0.3) is 0 Å². The van der Waals surface area contributed by atoms with Gasteiger partial charge in [0, 0.05) is 37.1 Å². The van der Waals surface area contributed by atoms with Crippen LogP contribution < -0.4 is 5.32 Å². The van der Waals surface area contributed by atoms with Gasteiger partial charge in [-0.15, -0.1) is 10.2 Å². The molecule has 8 nitrogen and oxygen atoms in total. The van der Waals surface area contributed by atoms with Crippen molar-refractivity contribution >= 4 is 22.5 Å². The number of nitriles is 1. The van der Waals surface area contributed by atoms with Crippen molar-refractivity contribution in [3.05, 3.63) is 47.2 Å². The quantitative estimate of drug-likeness (QED) is 0.482. The Kier molecular flexibility index (Phi) is 5.55. The van der Waals surface area contributed by atoms with Crippen LogP contribution in [0.25, 0.3) is 27.5 Å². The molecule has 0 spiro atoms. The second-order valence-corrected chi connectivity index (χ2v) is 9.17. The smallest absolute Gasteiger partial charge is 0.151 e. The average Bonchev–Trinajstić information content (AvgIpc) is 3.46. The average molecular weight is 446 g/mol. The van der Waals surface area contributed by atoms with Crippen molar-refractivity contribution in [2.24, 2.45) is 0 Å². The highest BCUT2D eigenvalue weighted by atomic mass is 32.1. The molecule has 1 aliphatic heterocycles. The van der Waals surface area contributed by atoms with Crippen molar-refractivity contribution in [1.29, 1.82) is 5.26 Å². The Morgan fingerprint density at radius 1 is 1.19 bits per heavy atom. The molecular weight excluding hydrogens is 422 g/mol. The van der Waals surface area contributed by atoms with Crippen LogP contribution in [0, 0.1) is 11.3 Å². The fraction of sp³-hybridized carbons (Fsp3) is 0.348. The molecule has 1 fully saturated rings. The molecule has 0 bridgehead atoms. The van der Waals surface area contributed by atoms with Gasteiger partial charge in [0.15, 0.2) is 5.01 Å². The molecule has 32 heavy (non-hydrogen) atoms. The summed E-state index contributed by atoms with van der Waals surface area (Å²) in [5.41, 5.74) is 4.95. The number of hydrogen-bond acceptors (Lipinski definition) is 8. The monoisotopic (exact) mass is 445 g/mol. The number of aromatic nitrogens is 5. The summed E-state index contributed by atoms with van der Waals surface area (Å²) in [6, 6.07) is 10.1. The van der Waals surface area contributed by atoms with E-state index < -0.39 is 0 Å². The first-order chi connectivity index (χ1) is 15.6. The minimum atomic E-state index is 0.243. The SMILES string of the molecule is CC(C)Nc1cc(-c2ccc3cc(C#N)cnn23)ncc1-c1nnc(C2CCOCC2)s1. The lowest BCUT2D eigenvalue weighted by molar-refractivity contribution is 0.0851. The molecule has 0 radical (unpaired) electrons. The molecular formula is C23H23N7OS. The Balaban J connectivity index is 1.53. The summed E-state index contributed by atoms with van der Waals surface area (Å²) in [4.78, 5) is 4.73. The Morgan fingerprint density at radius 2 is 2.03 bits per heavy atom. The second kappa shape index (κ2) is 8.65. The van der Waals surface area contributed by atoms with Crippen LogP contribution in [0.5, 0.6) is 0 Å². The number of ether oxygens (including phenoxy) is 1. The fourth-order valence-corrected chi connectivity index (χ4v) is 4.94. The molecule has 4 aromatic heterocycles. The summed E-state index contributed by atoms with van der Waals surface area (Å²) in [6.45, 7) is 5.78. The summed E-state index contributed by atoms with van der Waals surface area (Å²) in [7, 11) is 0. The third-order valence-electron chi connectivity index (χ3n) is 5.48. The van der Waals surface area contributed by atoms with Crippen molar-refractivity contribution < 1.29 is 4.74 Å². The lowest BCUT2D eigenvalue weighted by atomic mass is 10.0. The third kappa shape index (κ3) is 3.95. The van der Waals surface area contributed by atoms with Crippen LogP contribution in [-0.2, 0) is 4.74 Å². The molecule has 1 N–H and O–H groups in total. The molecule has 0 saturated carbocycles. The van der Waals surface area contributed by atoms with E-state index in [1.54, 1.807) is 22.0 Å². The first-order valence-electron chi connectivity index (χ1n) is 10.7.